The third kappa shape index (κ3) is 3.78. The van der Waals surface area contributed by atoms with Crippen LogP contribution in [0.2, 0.25) is 0 Å². The van der Waals surface area contributed by atoms with Crippen molar-refractivity contribution in [3.63, 3.8) is 0 Å². The summed E-state index contributed by atoms with van der Waals surface area (Å²) in [4.78, 5) is 25.7. The standard InChI is InChI=1S/C15H18N2O3S/c1-20-15(19)12-6-7-17(9-12)13(18)8-10-2-4-11(5-3-10)14(16)21/h2-5,12H,6-9H2,1H3,(H2,16,21). The van der Waals surface area contributed by atoms with Crippen LogP contribution in [-0.4, -0.2) is 42.0 Å². The van der Waals surface area contributed by atoms with E-state index in [2.05, 4.69) is 0 Å². The van der Waals surface area contributed by atoms with Gasteiger partial charge in [0.05, 0.1) is 19.4 Å². The van der Waals surface area contributed by atoms with Gasteiger partial charge in [0.2, 0.25) is 5.91 Å². The van der Waals surface area contributed by atoms with Gasteiger partial charge < -0.3 is 15.4 Å². The van der Waals surface area contributed by atoms with Gasteiger partial charge in [0.25, 0.3) is 0 Å². The zero-order valence-electron chi connectivity index (χ0n) is 11.9. The number of rotatable bonds is 4. The Morgan fingerprint density at radius 3 is 2.62 bits per heavy atom. The van der Waals surface area contributed by atoms with Gasteiger partial charge in [-0.1, -0.05) is 36.5 Å². The smallest absolute Gasteiger partial charge is 0.310 e. The van der Waals surface area contributed by atoms with E-state index in [0.29, 0.717) is 30.9 Å². The summed E-state index contributed by atoms with van der Waals surface area (Å²) < 4.78 is 4.72. The first-order chi connectivity index (χ1) is 10.0. The summed E-state index contributed by atoms with van der Waals surface area (Å²) in [6.45, 7) is 1.04. The molecule has 1 aromatic rings. The highest BCUT2D eigenvalue weighted by Gasteiger charge is 2.31. The lowest BCUT2D eigenvalue weighted by atomic mass is 10.1. The van der Waals surface area contributed by atoms with Crippen LogP contribution in [0.1, 0.15) is 17.5 Å². The van der Waals surface area contributed by atoms with E-state index in [4.69, 9.17) is 22.7 Å². The number of carbonyl (C=O) groups is 2. The Bertz CT molecular complexity index is 557. The van der Waals surface area contributed by atoms with Gasteiger partial charge in [-0.15, -0.1) is 0 Å². The number of amides is 1. The summed E-state index contributed by atoms with van der Waals surface area (Å²) >= 11 is 4.89. The van der Waals surface area contributed by atoms with E-state index in [0.717, 1.165) is 11.1 Å². The molecule has 1 amide bonds. The van der Waals surface area contributed by atoms with E-state index in [1.54, 1.807) is 4.90 Å². The largest absolute Gasteiger partial charge is 0.469 e. The number of esters is 1. The lowest BCUT2D eigenvalue weighted by Gasteiger charge is -2.16. The van der Waals surface area contributed by atoms with Crippen molar-refractivity contribution in [2.24, 2.45) is 11.7 Å². The average molecular weight is 306 g/mol. The summed E-state index contributed by atoms with van der Waals surface area (Å²) in [5.41, 5.74) is 7.22. The molecule has 1 atom stereocenters. The topological polar surface area (TPSA) is 72.6 Å². The second kappa shape index (κ2) is 6.67. The van der Waals surface area contributed by atoms with E-state index >= 15 is 0 Å². The molecule has 0 spiro atoms. The Hall–Kier alpha value is -1.95. The first-order valence-electron chi connectivity index (χ1n) is 6.75. The number of hydrogen-bond acceptors (Lipinski definition) is 4. The van der Waals surface area contributed by atoms with Gasteiger partial charge in [0, 0.05) is 18.7 Å². The Morgan fingerprint density at radius 1 is 1.38 bits per heavy atom. The molecule has 1 aliphatic heterocycles. The Kier molecular flexibility index (Phi) is 4.90. The molecule has 1 aromatic carbocycles. The Labute approximate surface area is 129 Å². The Balaban J connectivity index is 1.93. The minimum absolute atomic E-state index is 0.0180. The monoisotopic (exact) mass is 306 g/mol. The van der Waals surface area contributed by atoms with Crippen molar-refractivity contribution in [3.05, 3.63) is 35.4 Å². The normalized spacial score (nSPS) is 17.6. The first kappa shape index (κ1) is 15.4. The molecule has 0 radical (unpaired) electrons. The average Bonchev–Trinajstić information content (AvgIpc) is 2.97. The van der Waals surface area contributed by atoms with Crippen molar-refractivity contribution >= 4 is 29.1 Å². The molecule has 1 aliphatic rings. The maximum Gasteiger partial charge on any atom is 0.310 e. The summed E-state index contributed by atoms with van der Waals surface area (Å²) in [5, 5.41) is 0. The van der Waals surface area contributed by atoms with E-state index in [-0.39, 0.29) is 17.8 Å². The lowest BCUT2D eigenvalue weighted by molar-refractivity contribution is -0.145. The van der Waals surface area contributed by atoms with Gasteiger partial charge in [-0.05, 0) is 12.0 Å². The molecule has 5 nitrogen and oxygen atoms in total. The number of nitrogens with two attached hydrogens (primary N) is 1. The number of likely N-dealkylation sites (tertiary alicyclic amines) is 1. The first-order valence-corrected chi connectivity index (χ1v) is 7.16. The maximum absolute atomic E-state index is 12.2. The number of methoxy groups -OCH3 is 1. The lowest BCUT2D eigenvalue weighted by Crippen LogP contribution is -2.31. The highest BCUT2D eigenvalue weighted by molar-refractivity contribution is 7.80. The van der Waals surface area contributed by atoms with E-state index < -0.39 is 0 Å². The van der Waals surface area contributed by atoms with Crippen molar-refractivity contribution in [3.8, 4) is 0 Å². The van der Waals surface area contributed by atoms with Crippen molar-refractivity contribution in [1.29, 1.82) is 0 Å². The number of thiocarbonyl (C=S) groups is 1. The third-order valence-corrected chi connectivity index (χ3v) is 3.90. The quantitative estimate of drug-likeness (QED) is 0.660. The SMILES string of the molecule is COC(=O)C1CCN(C(=O)Cc2ccc(C(N)=S)cc2)C1. The second-order valence-electron chi connectivity index (χ2n) is 5.09. The van der Waals surface area contributed by atoms with Crippen LogP contribution in [0.15, 0.2) is 24.3 Å². The Morgan fingerprint density at radius 2 is 2.05 bits per heavy atom. The predicted octanol–water partition coefficient (Wildman–Crippen LogP) is 0.885. The summed E-state index contributed by atoms with van der Waals surface area (Å²) in [5.74, 6) is -0.425. The molecule has 0 aliphatic carbocycles. The maximum atomic E-state index is 12.2. The predicted molar refractivity (Wildman–Crippen MR) is 82.7 cm³/mol. The van der Waals surface area contributed by atoms with E-state index in [1.165, 1.54) is 7.11 Å². The van der Waals surface area contributed by atoms with Crippen LogP contribution in [0.3, 0.4) is 0 Å². The molecule has 0 aromatic heterocycles. The highest BCUT2D eigenvalue weighted by atomic mass is 32.1. The van der Waals surface area contributed by atoms with Crippen LogP contribution in [0, 0.1) is 5.92 Å². The van der Waals surface area contributed by atoms with Gasteiger partial charge in [0.15, 0.2) is 0 Å². The zero-order chi connectivity index (χ0) is 15.4. The molecule has 1 fully saturated rings. The van der Waals surface area contributed by atoms with Crippen molar-refractivity contribution in [1.82, 2.24) is 4.90 Å². The van der Waals surface area contributed by atoms with Crippen LogP contribution in [0.25, 0.3) is 0 Å². The fraction of sp³-hybridized carbons (Fsp3) is 0.400. The fourth-order valence-electron chi connectivity index (χ4n) is 2.42. The van der Waals surface area contributed by atoms with Gasteiger partial charge in [-0.2, -0.15) is 0 Å². The molecule has 0 bridgehead atoms. The molecule has 0 saturated carbocycles. The van der Waals surface area contributed by atoms with E-state index in [9.17, 15) is 9.59 Å². The molecular formula is C15H18N2O3S. The van der Waals surface area contributed by atoms with Gasteiger partial charge in [-0.25, -0.2) is 0 Å². The van der Waals surface area contributed by atoms with Crippen LogP contribution in [0.4, 0.5) is 0 Å². The second-order valence-corrected chi connectivity index (χ2v) is 5.53. The van der Waals surface area contributed by atoms with Crippen LogP contribution in [0.5, 0.6) is 0 Å². The van der Waals surface area contributed by atoms with Gasteiger partial charge in [0.1, 0.15) is 4.99 Å². The van der Waals surface area contributed by atoms with Crippen LogP contribution >= 0.6 is 12.2 Å². The highest BCUT2D eigenvalue weighted by Crippen LogP contribution is 2.18. The fourth-order valence-corrected chi connectivity index (χ4v) is 2.56. The molecule has 1 saturated heterocycles. The summed E-state index contributed by atoms with van der Waals surface area (Å²) in [6, 6.07) is 7.32. The molecule has 112 valence electrons. The number of hydrogen-bond donors (Lipinski definition) is 1. The van der Waals surface area contributed by atoms with Crippen molar-refractivity contribution in [2.45, 2.75) is 12.8 Å². The molecule has 1 unspecified atom stereocenters. The van der Waals surface area contributed by atoms with Gasteiger partial charge in [-0.3, -0.25) is 9.59 Å². The van der Waals surface area contributed by atoms with Crippen LogP contribution < -0.4 is 5.73 Å². The summed E-state index contributed by atoms with van der Waals surface area (Å²) in [6.07, 6.45) is 0.976. The third-order valence-electron chi connectivity index (χ3n) is 3.67. The molecule has 2 N–H and O–H groups in total. The molecule has 1 heterocycles. The van der Waals surface area contributed by atoms with Gasteiger partial charge >= 0.3 is 5.97 Å². The number of ether oxygens (including phenoxy) is 1. The minimum Gasteiger partial charge on any atom is -0.469 e. The molecule has 6 heteroatoms. The summed E-state index contributed by atoms with van der Waals surface area (Å²) in [7, 11) is 1.37. The number of benzene rings is 1. The number of carbonyl (C=O) groups excluding carboxylic acids is 2. The van der Waals surface area contributed by atoms with Crippen molar-refractivity contribution in [2.75, 3.05) is 20.2 Å². The number of nitrogens with zero attached hydrogens (tertiary/aromatic N) is 1. The molecule has 2 rings (SSSR count). The molecule has 21 heavy (non-hydrogen) atoms. The minimum atomic E-state index is -0.244. The van der Waals surface area contributed by atoms with Crippen molar-refractivity contribution < 1.29 is 14.3 Å². The molecular weight excluding hydrogens is 288 g/mol. The van der Waals surface area contributed by atoms with E-state index in [1.807, 2.05) is 24.3 Å². The zero-order valence-corrected chi connectivity index (χ0v) is 12.7. The van der Waals surface area contributed by atoms with Crippen LogP contribution in [-0.2, 0) is 20.7 Å².